The Hall–Kier alpha value is -0.910. The van der Waals surface area contributed by atoms with Gasteiger partial charge in [-0.2, -0.15) is 0 Å². The summed E-state index contributed by atoms with van der Waals surface area (Å²) >= 11 is 3.45. The zero-order valence-electron chi connectivity index (χ0n) is 11.7. The molecule has 0 aromatic heterocycles. The third-order valence-corrected chi connectivity index (χ3v) is 3.95. The van der Waals surface area contributed by atoms with Crippen molar-refractivity contribution in [2.75, 3.05) is 40.4 Å². The van der Waals surface area contributed by atoms with Crippen LogP contribution in [0.5, 0.6) is 0 Å². The number of aryl methyl sites for hydroxylation is 1. The molecule has 4 nitrogen and oxygen atoms in total. The van der Waals surface area contributed by atoms with Crippen LogP contribution in [-0.2, 0) is 4.74 Å². The van der Waals surface area contributed by atoms with E-state index in [1.807, 2.05) is 32.2 Å². The first-order chi connectivity index (χ1) is 9.06. The van der Waals surface area contributed by atoms with Crippen molar-refractivity contribution in [2.24, 2.45) is 0 Å². The number of amides is 1. The smallest absolute Gasteiger partial charge is 0.252 e. The lowest BCUT2D eigenvalue weighted by molar-refractivity contribution is 0.0946. The van der Waals surface area contributed by atoms with Gasteiger partial charge in [-0.3, -0.25) is 4.79 Å². The number of carbonyl (C=O) groups is 1. The molecule has 0 aliphatic carbocycles. The molecule has 0 saturated carbocycles. The molecule has 1 N–H and O–H groups in total. The number of benzene rings is 1. The highest BCUT2D eigenvalue weighted by Gasteiger charge is 2.10. The van der Waals surface area contributed by atoms with Crippen LogP contribution in [0.4, 0.5) is 0 Å². The van der Waals surface area contributed by atoms with Crippen molar-refractivity contribution in [1.82, 2.24) is 10.2 Å². The van der Waals surface area contributed by atoms with Gasteiger partial charge in [0.1, 0.15) is 0 Å². The highest BCUT2D eigenvalue weighted by molar-refractivity contribution is 9.10. The molecule has 0 saturated heterocycles. The minimum absolute atomic E-state index is 0.0456. The Morgan fingerprint density at radius 3 is 2.84 bits per heavy atom. The Labute approximate surface area is 123 Å². The van der Waals surface area contributed by atoms with Crippen molar-refractivity contribution in [3.05, 3.63) is 33.8 Å². The summed E-state index contributed by atoms with van der Waals surface area (Å²) in [5.41, 5.74) is 1.74. The molecule has 19 heavy (non-hydrogen) atoms. The molecule has 0 atom stereocenters. The molecule has 1 rings (SSSR count). The van der Waals surface area contributed by atoms with Gasteiger partial charge in [-0.1, -0.05) is 12.1 Å². The van der Waals surface area contributed by atoms with Crippen LogP contribution in [0.3, 0.4) is 0 Å². The number of halogens is 1. The molecular formula is C14H21BrN2O2. The summed E-state index contributed by atoms with van der Waals surface area (Å²) in [4.78, 5) is 14.1. The van der Waals surface area contributed by atoms with E-state index in [0.29, 0.717) is 18.7 Å². The maximum Gasteiger partial charge on any atom is 0.252 e. The third kappa shape index (κ3) is 5.30. The normalized spacial score (nSPS) is 10.8. The molecule has 0 aliphatic rings. The highest BCUT2D eigenvalue weighted by atomic mass is 79.9. The van der Waals surface area contributed by atoms with E-state index in [1.54, 1.807) is 7.11 Å². The zero-order chi connectivity index (χ0) is 14.3. The monoisotopic (exact) mass is 328 g/mol. The molecule has 106 valence electrons. The quantitative estimate of drug-likeness (QED) is 0.833. The van der Waals surface area contributed by atoms with E-state index < -0.39 is 0 Å². The van der Waals surface area contributed by atoms with Crippen molar-refractivity contribution in [1.29, 1.82) is 0 Å². The first-order valence-electron chi connectivity index (χ1n) is 6.27. The van der Waals surface area contributed by atoms with Crippen molar-refractivity contribution in [3.63, 3.8) is 0 Å². The second-order valence-corrected chi connectivity index (χ2v) is 5.28. The average Bonchev–Trinajstić information content (AvgIpc) is 2.39. The Kier molecular flexibility index (Phi) is 7.05. The largest absolute Gasteiger partial charge is 0.383 e. The van der Waals surface area contributed by atoms with Gasteiger partial charge in [0.15, 0.2) is 0 Å². The lowest BCUT2D eigenvalue weighted by atomic mass is 10.1. The second kappa shape index (κ2) is 8.30. The first-order valence-corrected chi connectivity index (χ1v) is 7.06. The van der Waals surface area contributed by atoms with Crippen LogP contribution in [0.1, 0.15) is 15.9 Å². The highest BCUT2D eigenvalue weighted by Crippen LogP contribution is 2.20. The topological polar surface area (TPSA) is 41.6 Å². The fourth-order valence-electron chi connectivity index (χ4n) is 1.64. The van der Waals surface area contributed by atoms with Gasteiger partial charge in [0, 0.05) is 31.2 Å². The maximum atomic E-state index is 12.0. The summed E-state index contributed by atoms with van der Waals surface area (Å²) in [5.74, 6) is -0.0456. The van der Waals surface area contributed by atoms with Crippen LogP contribution in [0.2, 0.25) is 0 Å². The number of rotatable bonds is 7. The summed E-state index contributed by atoms with van der Waals surface area (Å²) in [6, 6.07) is 5.68. The standard InChI is InChI=1S/C14H21BrN2O2/c1-11-5-4-6-12(13(11)15)14(18)16-7-8-17(2)9-10-19-3/h4-6H,7-10H2,1-3H3,(H,16,18). The molecule has 0 unspecified atom stereocenters. The van der Waals surface area contributed by atoms with Crippen LogP contribution in [0.25, 0.3) is 0 Å². The van der Waals surface area contributed by atoms with E-state index in [1.165, 1.54) is 0 Å². The number of nitrogens with zero attached hydrogens (tertiary/aromatic N) is 1. The maximum absolute atomic E-state index is 12.0. The fourth-order valence-corrected chi connectivity index (χ4v) is 2.08. The summed E-state index contributed by atoms with van der Waals surface area (Å²) in [6.45, 7) is 4.96. The van der Waals surface area contributed by atoms with Gasteiger partial charge >= 0.3 is 0 Å². The molecule has 1 aromatic carbocycles. The number of carbonyl (C=O) groups excluding carboxylic acids is 1. The Morgan fingerprint density at radius 1 is 1.42 bits per heavy atom. The molecule has 0 spiro atoms. The molecule has 1 amide bonds. The van der Waals surface area contributed by atoms with Crippen molar-refractivity contribution in [2.45, 2.75) is 6.92 Å². The number of ether oxygens (including phenoxy) is 1. The minimum atomic E-state index is -0.0456. The number of nitrogens with one attached hydrogen (secondary N) is 1. The fraction of sp³-hybridized carbons (Fsp3) is 0.500. The molecule has 0 fully saturated rings. The molecule has 0 bridgehead atoms. The molecule has 5 heteroatoms. The van der Waals surface area contributed by atoms with Gasteiger partial charge in [0.25, 0.3) is 5.91 Å². The van der Waals surface area contributed by atoms with Crippen molar-refractivity contribution < 1.29 is 9.53 Å². The lowest BCUT2D eigenvalue weighted by Gasteiger charge is -2.16. The Bertz CT molecular complexity index is 424. The minimum Gasteiger partial charge on any atom is -0.383 e. The predicted octanol–water partition coefficient (Wildman–Crippen LogP) is 2.07. The third-order valence-electron chi connectivity index (χ3n) is 2.89. The molecule has 0 aliphatic heterocycles. The number of likely N-dealkylation sites (N-methyl/N-ethyl adjacent to an activating group) is 1. The summed E-state index contributed by atoms with van der Waals surface area (Å²) in [6.07, 6.45) is 0. The van der Waals surface area contributed by atoms with Gasteiger partial charge in [-0.25, -0.2) is 0 Å². The number of hydrogen-bond donors (Lipinski definition) is 1. The van der Waals surface area contributed by atoms with Crippen molar-refractivity contribution >= 4 is 21.8 Å². The molecule has 1 aromatic rings. The van der Waals surface area contributed by atoms with Crippen LogP contribution in [0, 0.1) is 6.92 Å². The average molecular weight is 329 g/mol. The molecule has 0 radical (unpaired) electrons. The second-order valence-electron chi connectivity index (χ2n) is 4.49. The van der Waals surface area contributed by atoms with Crippen LogP contribution in [0.15, 0.2) is 22.7 Å². The van der Waals surface area contributed by atoms with Crippen LogP contribution >= 0.6 is 15.9 Å². The van der Waals surface area contributed by atoms with Gasteiger partial charge in [-0.15, -0.1) is 0 Å². The summed E-state index contributed by atoms with van der Waals surface area (Å²) in [7, 11) is 3.69. The van der Waals surface area contributed by atoms with E-state index in [4.69, 9.17) is 4.74 Å². The van der Waals surface area contributed by atoms with E-state index in [2.05, 4.69) is 26.1 Å². The van der Waals surface area contributed by atoms with E-state index in [9.17, 15) is 4.79 Å². The Morgan fingerprint density at radius 2 is 2.16 bits per heavy atom. The van der Waals surface area contributed by atoms with E-state index in [0.717, 1.165) is 23.1 Å². The van der Waals surface area contributed by atoms with Gasteiger partial charge in [0.2, 0.25) is 0 Å². The van der Waals surface area contributed by atoms with E-state index in [-0.39, 0.29) is 5.91 Å². The summed E-state index contributed by atoms with van der Waals surface area (Å²) in [5, 5.41) is 2.92. The van der Waals surface area contributed by atoms with Gasteiger partial charge in [-0.05, 0) is 41.5 Å². The van der Waals surface area contributed by atoms with Gasteiger partial charge in [0.05, 0.1) is 12.2 Å². The van der Waals surface area contributed by atoms with E-state index >= 15 is 0 Å². The predicted molar refractivity (Wildman–Crippen MR) is 80.6 cm³/mol. The molecular weight excluding hydrogens is 308 g/mol. The SMILES string of the molecule is COCCN(C)CCNC(=O)c1cccc(C)c1Br. The van der Waals surface area contributed by atoms with Gasteiger partial charge < -0.3 is 15.0 Å². The summed E-state index contributed by atoms with van der Waals surface area (Å²) < 4.78 is 5.86. The van der Waals surface area contributed by atoms with Crippen LogP contribution < -0.4 is 5.32 Å². The van der Waals surface area contributed by atoms with Crippen molar-refractivity contribution in [3.8, 4) is 0 Å². The number of hydrogen-bond acceptors (Lipinski definition) is 3. The molecule has 0 heterocycles. The zero-order valence-corrected chi connectivity index (χ0v) is 13.3. The first kappa shape index (κ1) is 16.1. The Balaban J connectivity index is 2.41. The van der Waals surface area contributed by atoms with Crippen LogP contribution in [-0.4, -0.2) is 51.2 Å². The number of methoxy groups -OCH3 is 1. The lowest BCUT2D eigenvalue weighted by Crippen LogP contribution is -2.34.